The summed E-state index contributed by atoms with van der Waals surface area (Å²) in [6.45, 7) is 0.240. The molecule has 7 heteroatoms. The van der Waals surface area contributed by atoms with Crippen molar-refractivity contribution < 1.29 is 14.4 Å². The van der Waals surface area contributed by atoms with Gasteiger partial charge in [0.15, 0.2) is 11.5 Å². The highest BCUT2D eigenvalue weighted by atomic mass is 35.5. The summed E-state index contributed by atoms with van der Waals surface area (Å²) in [7, 11) is 0. The number of aromatic carboxylic acids is 1. The number of carbonyl (C=O) groups is 1. The fourth-order valence-electron chi connectivity index (χ4n) is 1.34. The van der Waals surface area contributed by atoms with Crippen LogP contribution in [0.1, 0.15) is 16.2 Å². The molecule has 0 aliphatic carbocycles. The lowest BCUT2D eigenvalue weighted by atomic mass is 10.3. The van der Waals surface area contributed by atoms with Crippen molar-refractivity contribution in [2.75, 3.05) is 5.32 Å². The van der Waals surface area contributed by atoms with Gasteiger partial charge in [0.05, 0.1) is 22.3 Å². The average Bonchev–Trinajstić information content (AvgIpc) is 2.77. The van der Waals surface area contributed by atoms with E-state index >= 15 is 0 Å². The van der Waals surface area contributed by atoms with Crippen LogP contribution in [-0.2, 0) is 6.54 Å². The van der Waals surface area contributed by atoms with Gasteiger partial charge in [0.2, 0.25) is 0 Å². The number of rotatable bonds is 4. The zero-order chi connectivity index (χ0) is 13.1. The molecule has 0 unspecified atom stereocenters. The smallest absolute Gasteiger partial charge is 0.358 e. The molecule has 0 atom stereocenters. The third-order valence-corrected chi connectivity index (χ3v) is 2.81. The second kappa shape index (κ2) is 5.29. The van der Waals surface area contributed by atoms with Crippen LogP contribution in [-0.4, -0.2) is 16.2 Å². The highest BCUT2D eigenvalue weighted by Crippen LogP contribution is 2.30. The topological polar surface area (TPSA) is 75.4 Å². The van der Waals surface area contributed by atoms with Gasteiger partial charge in [-0.1, -0.05) is 34.4 Å². The molecule has 18 heavy (non-hydrogen) atoms. The minimum absolute atomic E-state index is 0.142. The number of aromatic nitrogens is 1. The second-order valence-corrected chi connectivity index (χ2v) is 4.25. The molecular formula is C11H8Cl2N2O3. The van der Waals surface area contributed by atoms with E-state index in [-0.39, 0.29) is 12.2 Å². The number of carboxylic acids is 1. The molecule has 0 saturated heterocycles. The average molecular weight is 287 g/mol. The van der Waals surface area contributed by atoms with Crippen LogP contribution in [0.2, 0.25) is 10.0 Å². The van der Waals surface area contributed by atoms with E-state index in [2.05, 4.69) is 10.5 Å². The number of nitrogens with one attached hydrogen (secondary N) is 1. The Morgan fingerprint density at radius 2 is 2.06 bits per heavy atom. The molecule has 1 aromatic heterocycles. The fraction of sp³-hybridized carbons (Fsp3) is 0.0909. The van der Waals surface area contributed by atoms with Gasteiger partial charge in [-0.2, -0.15) is 0 Å². The molecule has 1 aromatic carbocycles. The molecule has 0 saturated carbocycles. The number of hydrogen-bond acceptors (Lipinski definition) is 4. The van der Waals surface area contributed by atoms with Gasteiger partial charge in [-0.05, 0) is 12.1 Å². The molecule has 0 radical (unpaired) electrons. The number of halogens is 2. The lowest BCUT2D eigenvalue weighted by Crippen LogP contribution is -1.99. The molecular weight excluding hydrogens is 279 g/mol. The van der Waals surface area contributed by atoms with E-state index in [1.165, 1.54) is 6.07 Å². The van der Waals surface area contributed by atoms with Crippen LogP contribution in [0.5, 0.6) is 0 Å². The zero-order valence-electron chi connectivity index (χ0n) is 8.98. The van der Waals surface area contributed by atoms with E-state index in [9.17, 15) is 4.79 Å². The highest BCUT2D eigenvalue weighted by Gasteiger charge is 2.11. The van der Waals surface area contributed by atoms with Crippen LogP contribution >= 0.6 is 23.2 Å². The number of para-hydroxylation sites is 1. The highest BCUT2D eigenvalue weighted by molar-refractivity contribution is 6.39. The van der Waals surface area contributed by atoms with Crippen LogP contribution in [0.3, 0.4) is 0 Å². The number of nitrogens with zero attached hydrogens (tertiary/aromatic N) is 1. The number of carboxylic acid groups (broad SMARTS) is 1. The Hall–Kier alpha value is -1.72. The standard InChI is InChI=1S/C11H8Cl2N2O3/c12-7-2-1-3-8(13)10(7)14-5-6-4-9(11(16)17)15-18-6/h1-4,14H,5H2,(H,16,17). The molecule has 0 aliphatic heterocycles. The summed E-state index contributed by atoms with van der Waals surface area (Å²) in [6, 6.07) is 6.45. The van der Waals surface area contributed by atoms with Gasteiger partial charge < -0.3 is 14.9 Å². The number of hydrogen-bond donors (Lipinski definition) is 2. The predicted octanol–water partition coefficient (Wildman–Crippen LogP) is 3.29. The molecule has 2 aromatic rings. The van der Waals surface area contributed by atoms with Gasteiger partial charge in [0.1, 0.15) is 0 Å². The maximum Gasteiger partial charge on any atom is 0.358 e. The summed E-state index contributed by atoms with van der Waals surface area (Å²) in [5, 5.41) is 16.0. The minimum Gasteiger partial charge on any atom is -0.476 e. The van der Waals surface area contributed by atoms with Crippen LogP contribution in [0.25, 0.3) is 0 Å². The molecule has 0 bridgehead atoms. The van der Waals surface area contributed by atoms with E-state index in [0.29, 0.717) is 21.5 Å². The Morgan fingerprint density at radius 1 is 1.39 bits per heavy atom. The van der Waals surface area contributed by atoms with Crippen LogP contribution in [0.15, 0.2) is 28.8 Å². The number of anilines is 1. The van der Waals surface area contributed by atoms with Crippen molar-refractivity contribution in [1.82, 2.24) is 5.16 Å². The largest absolute Gasteiger partial charge is 0.476 e. The fourth-order valence-corrected chi connectivity index (χ4v) is 1.87. The van der Waals surface area contributed by atoms with E-state index in [1.807, 2.05) is 0 Å². The Labute approximate surface area is 112 Å². The molecule has 0 aliphatic rings. The van der Waals surface area contributed by atoms with E-state index < -0.39 is 5.97 Å². The zero-order valence-corrected chi connectivity index (χ0v) is 10.5. The quantitative estimate of drug-likeness (QED) is 0.902. The first kappa shape index (κ1) is 12.7. The van der Waals surface area contributed by atoms with Crippen molar-refractivity contribution in [3.63, 3.8) is 0 Å². The van der Waals surface area contributed by atoms with E-state index in [1.54, 1.807) is 18.2 Å². The van der Waals surface area contributed by atoms with Gasteiger partial charge in [0, 0.05) is 6.07 Å². The summed E-state index contributed by atoms with van der Waals surface area (Å²) < 4.78 is 4.85. The summed E-state index contributed by atoms with van der Waals surface area (Å²) in [5.41, 5.74) is 0.422. The first-order chi connectivity index (χ1) is 8.58. The van der Waals surface area contributed by atoms with E-state index in [0.717, 1.165) is 0 Å². The Balaban J connectivity index is 2.09. The van der Waals surface area contributed by atoms with Crippen LogP contribution < -0.4 is 5.32 Å². The van der Waals surface area contributed by atoms with Gasteiger partial charge in [0.25, 0.3) is 0 Å². The first-order valence-electron chi connectivity index (χ1n) is 4.94. The summed E-state index contributed by atoms with van der Waals surface area (Å²) in [6.07, 6.45) is 0. The molecule has 2 N–H and O–H groups in total. The molecule has 1 heterocycles. The van der Waals surface area contributed by atoms with Crippen molar-refractivity contribution in [3.8, 4) is 0 Å². The number of benzene rings is 1. The Morgan fingerprint density at radius 3 is 2.61 bits per heavy atom. The third kappa shape index (κ3) is 2.75. The minimum atomic E-state index is -1.14. The van der Waals surface area contributed by atoms with Gasteiger partial charge >= 0.3 is 5.97 Å². The maximum atomic E-state index is 10.6. The van der Waals surface area contributed by atoms with Gasteiger partial charge in [-0.3, -0.25) is 0 Å². The van der Waals surface area contributed by atoms with Crippen molar-refractivity contribution in [2.24, 2.45) is 0 Å². The van der Waals surface area contributed by atoms with Crippen molar-refractivity contribution >= 4 is 34.9 Å². The monoisotopic (exact) mass is 286 g/mol. The summed E-state index contributed by atoms with van der Waals surface area (Å²) in [5.74, 6) is -0.760. The lowest BCUT2D eigenvalue weighted by molar-refractivity contribution is 0.0685. The lowest BCUT2D eigenvalue weighted by Gasteiger charge is -2.07. The van der Waals surface area contributed by atoms with Gasteiger partial charge in [-0.25, -0.2) is 4.79 Å². The van der Waals surface area contributed by atoms with Crippen LogP contribution in [0, 0.1) is 0 Å². The van der Waals surface area contributed by atoms with Crippen molar-refractivity contribution in [2.45, 2.75) is 6.54 Å². The molecule has 94 valence electrons. The Kier molecular flexibility index (Phi) is 3.74. The van der Waals surface area contributed by atoms with Gasteiger partial charge in [-0.15, -0.1) is 0 Å². The molecule has 5 nitrogen and oxygen atoms in total. The van der Waals surface area contributed by atoms with E-state index in [4.69, 9.17) is 32.8 Å². The molecule has 0 fully saturated rings. The molecule has 2 rings (SSSR count). The molecule has 0 amide bonds. The summed E-state index contributed by atoms with van der Waals surface area (Å²) in [4.78, 5) is 10.6. The van der Waals surface area contributed by atoms with Crippen LogP contribution in [0.4, 0.5) is 5.69 Å². The SMILES string of the molecule is O=C(O)c1cc(CNc2c(Cl)cccc2Cl)on1. The summed E-state index contributed by atoms with van der Waals surface area (Å²) >= 11 is 11.9. The van der Waals surface area contributed by atoms with Crippen molar-refractivity contribution in [3.05, 3.63) is 45.8 Å². The predicted molar refractivity (Wildman–Crippen MR) is 67.3 cm³/mol. The first-order valence-corrected chi connectivity index (χ1v) is 5.70. The third-order valence-electron chi connectivity index (χ3n) is 2.18. The Bertz CT molecular complexity index is 563. The second-order valence-electron chi connectivity index (χ2n) is 3.43. The normalized spacial score (nSPS) is 10.3. The molecule has 0 spiro atoms. The van der Waals surface area contributed by atoms with Crippen molar-refractivity contribution in [1.29, 1.82) is 0 Å². The maximum absolute atomic E-state index is 10.6.